The van der Waals surface area contributed by atoms with E-state index in [-0.39, 0.29) is 5.91 Å². The van der Waals surface area contributed by atoms with Crippen LogP contribution in [0, 0.1) is 0 Å². The molecule has 1 amide bonds. The van der Waals surface area contributed by atoms with Crippen LogP contribution in [-0.4, -0.2) is 17.4 Å². The Morgan fingerprint density at radius 1 is 1.40 bits per heavy atom. The Bertz CT molecular complexity index is 300. The molecule has 0 spiro atoms. The second-order valence-corrected chi connectivity index (χ2v) is 4.75. The Labute approximate surface area is 95.2 Å². The molecular formula is C12H17NOS. The van der Waals surface area contributed by atoms with Gasteiger partial charge in [0, 0.05) is 12.2 Å². The molecule has 0 aliphatic heterocycles. The fourth-order valence-electron chi connectivity index (χ4n) is 1.31. The van der Waals surface area contributed by atoms with Gasteiger partial charge in [0.25, 0.3) is 0 Å². The lowest BCUT2D eigenvalue weighted by atomic mass is 10.0. The normalized spacial score (nSPS) is 12.3. The Morgan fingerprint density at radius 3 is 2.67 bits per heavy atom. The zero-order valence-electron chi connectivity index (χ0n) is 8.98. The summed E-state index contributed by atoms with van der Waals surface area (Å²) in [5, 5.41) is 0. The number of hydrogen-bond donors (Lipinski definition) is 1. The van der Waals surface area contributed by atoms with Gasteiger partial charge in [0.1, 0.15) is 0 Å². The Hall–Kier alpha value is -0.960. The van der Waals surface area contributed by atoms with E-state index in [1.165, 1.54) is 5.56 Å². The van der Waals surface area contributed by atoms with Crippen LogP contribution in [0.25, 0.3) is 0 Å². The van der Waals surface area contributed by atoms with Crippen molar-refractivity contribution in [3.63, 3.8) is 0 Å². The second kappa shape index (κ2) is 6.51. The van der Waals surface area contributed by atoms with E-state index in [4.69, 9.17) is 5.73 Å². The molecule has 0 bridgehead atoms. The summed E-state index contributed by atoms with van der Waals surface area (Å²) in [7, 11) is 0. The molecular weight excluding hydrogens is 206 g/mol. The van der Waals surface area contributed by atoms with Crippen molar-refractivity contribution in [1.82, 2.24) is 0 Å². The molecule has 1 aromatic rings. The van der Waals surface area contributed by atoms with Crippen LogP contribution in [0.15, 0.2) is 30.3 Å². The van der Waals surface area contributed by atoms with Crippen molar-refractivity contribution < 1.29 is 4.79 Å². The summed E-state index contributed by atoms with van der Waals surface area (Å²) in [4.78, 5) is 10.5. The molecule has 1 atom stereocenters. The molecule has 15 heavy (non-hydrogen) atoms. The number of amides is 1. The first-order chi connectivity index (χ1) is 7.20. The Balaban J connectivity index is 2.25. The molecule has 0 aliphatic carbocycles. The van der Waals surface area contributed by atoms with E-state index >= 15 is 0 Å². The van der Waals surface area contributed by atoms with Crippen LogP contribution in [0.2, 0.25) is 0 Å². The molecule has 2 N–H and O–H groups in total. The molecule has 3 heteroatoms. The van der Waals surface area contributed by atoms with Crippen LogP contribution in [0.5, 0.6) is 0 Å². The number of primary amides is 1. The van der Waals surface area contributed by atoms with E-state index in [0.717, 1.165) is 11.5 Å². The zero-order chi connectivity index (χ0) is 11.1. The van der Waals surface area contributed by atoms with Gasteiger partial charge in [-0.2, -0.15) is 11.8 Å². The van der Waals surface area contributed by atoms with Crippen molar-refractivity contribution in [2.24, 2.45) is 5.73 Å². The van der Waals surface area contributed by atoms with Crippen molar-refractivity contribution >= 4 is 17.7 Å². The van der Waals surface area contributed by atoms with Gasteiger partial charge in [-0.1, -0.05) is 37.3 Å². The molecule has 0 saturated heterocycles. The number of rotatable bonds is 6. The van der Waals surface area contributed by atoms with Gasteiger partial charge in [-0.15, -0.1) is 0 Å². The van der Waals surface area contributed by atoms with Gasteiger partial charge in [0.05, 0.1) is 0 Å². The van der Waals surface area contributed by atoms with Crippen molar-refractivity contribution in [3.05, 3.63) is 35.9 Å². The molecule has 0 unspecified atom stereocenters. The molecule has 1 rings (SSSR count). The first kappa shape index (κ1) is 12.1. The minimum Gasteiger partial charge on any atom is -0.370 e. The molecule has 82 valence electrons. The van der Waals surface area contributed by atoms with Gasteiger partial charge in [-0.3, -0.25) is 4.79 Å². The maximum atomic E-state index is 10.5. The highest BCUT2D eigenvalue weighted by Gasteiger charge is 2.04. The number of benzene rings is 1. The highest BCUT2D eigenvalue weighted by Crippen LogP contribution is 2.20. The van der Waals surface area contributed by atoms with E-state index in [1.807, 2.05) is 6.07 Å². The number of hydrogen-bond acceptors (Lipinski definition) is 2. The van der Waals surface area contributed by atoms with Gasteiger partial charge in [0.2, 0.25) is 5.91 Å². The summed E-state index contributed by atoms with van der Waals surface area (Å²) in [6.45, 7) is 2.20. The van der Waals surface area contributed by atoms with Crippen LogP contribution < -0.4 is 5.73 Å². The van der Waals surface area contributed by atoms with Crippen LogP contribution in [0.4, 0.5) is 0 Å². The van der Waals surface area contributed by atoms with Crippen LogP contribution in [0.1, 0.15) is 24.8 Å². The number of carbonyl (C=O) groups excluding carboxylic acids is 1. The summed E-state index contributed by atoms with van der Waals surface area (Å²) in [6, 6.07) is 10.4. The van der Waals surface area contributed by atoms with E-state index in [2.05, 4.69) is 31.2 Å². The summed E-state index contributed by atoms with van der Waals surface area (Å²) < 4.78 is 0. The summed E-state index contributed by atoms with van der Waals surface area (Å²) >= 11 is 1.78. The van der Waals surface area contributed by atoms with Crippen LogP contribution in [-0.2, 0) is 4.79 Å². The third-order valence-electron chi connectivity index (χ3n) is 2.23. The molecule has 0 radical (unpaired) electrons. The molecule has 0 aromatic heterocycles. The standard InChI is InChI=1S/C12H17NOS/c1-10(9-15-8-7-12(13)14)11-5-3-2-4-6-11/h2-6,10H,7-9H2,1H3,(H2,13,14)/t10-/m1/s1. The molecule has 0 saturated carbocycles. The first-order valence-corrected chi connectivity index (χ1v) is 6.26. The molecule has 0 aliphatic rings. The maximum Gasteiger partial charge on any atom is 0.218 e. The average molecular weight is 223 g/mol. The number of carbonyl (C=O) groups is 1. The summed E-state index contributed by atoms with van der Waals surface area (Å²) in [5.74, 6) is 2.18. The SMILES string of the molecule is C[C@H](CSCCC(N)=O)c1ccccc1. The van der Waals surface area contributed by atoms with E-state index in [0.29, 0.717) is 12.3 Å². The average Bonchev–Trinajstić information content (AvgIpc) is 2.25. The quantitative estimate of drug-likeness (QED) is 0.752. The second-order valence-electron chi connectivity index (χ2n) is 3.60. The molecule has 0 heterocycles. The van der Waals surface area contributed by atoms with Gasteiger partial charge >= 0.3 is 0 Å². The van der Waals surface area contributed by atoms with E-state index < -0.39 is 0 Å². The van der Waals surface area contributed by atoms with Crippen molar-refractivity contribution in [3.8, 4) is 0 Å². The van der Waals surface area contributed by atoms with E-state index in [1.54, 1.807) is 11.8 Å². The number of nitrogens with two attached hydrogens (primary N) is 1. The topological polar surface area (TPSA) is 43.1 Å². The molecule has 2 nitrogen and oxygen atoms in total. The fourth-order valence-corrected chi connectivity index (χ4v) is 2.37. The third-order valence-corrected chi connectivity index (χ3v) is 3.46. The van der Waals surface area contributed by atoms with Crippen molar-refractivity contribution in [2.45, 2.75) is 19.3 Å². The van der Waals surface area contributed by atoms with Gasteiger partial charge < -0.3 is 5.73 Å². The Kier molecular flexibility index (Phi) is 5.26. The monoisotopic (exact) mass is 223 g/mol. The smallest absolute Gasteiger partial charge is 0.218 e. The molecule has 1 aromatic carbocycles. The summed E-state index contributed by atoms with van der Waals surface area (Å²) in [6.07, 6.45) is 0.478. The predicted octanol–water partition coefficient (Wildman–Crippen LogP) is 2.40. The minimum atomic E-state index is -0.213. The lowest BCUT2D eigenvalue weighted by Gasteiger charge is -2.10. The largest absolute Gasteiger partial charge is 0.370 e. The lowest BCUT2D eigenvalue weighted by molar-refractivity contribution is -0.117. The fraction of sp³-hybridized carbons (Fsp3) is 0.417. The van der Waals surface area contributed by atoms with Crippen LogP contribution >= 0.6 is 11.8 Å². The predicted molar refractivity (Wildman–Crippen MR) is 66.0 cm³/mol. The van der Waals surface area contributed by atoms with Crippen molar-refractivity contribution in [1.29, 1.82) is 0 Å². The molecule has 0 fully saturated rings. The first-order valence-electron chi connectivity index (χ1n) is 5.11. The Morgan fingerprint density at radius 2 is 2.07 bits per heavy atom. The highest BCUT2D eigenvalue weighted by atomic mass is 32.2. The highest BCUT2D eigenvalue weighted by molar-refractivity contribution is 7.99. The summed E-state index contributed by atoms with van der Waals surface area (Å²) in [5.41, 5.74) is 6.42. The third kappa shape index (κ3) is 4.88. The maximum absolute atomic E-state index is 10.5. The zero-order valence-corrected chi connectivity index (χ0v) is 9.80. The van der Waals surface area contributed by atoms with Gasteiger partial charge in [-0.25, -0.2) is 0 Å². The lowest BCUT2D eigenvalue weighted by Crippen LogP contribution is -2.11. The van der Waals surface area contributed by atoms with Gasteiger partial charge in [0.15, 0.2) is 0 Å². The number of thioether (sulfide) groups is 1. The van der Waals surface area contributed by atoms with E-state index in [9.17, 15) is 4.79 Å². The van der Waals surface area contributed by atoms with Crippen molar-refractivity contribution in [2.75, 3.05) is 11.5 Å². The van der Waals surface area contributed by atoms with Gasteiger partial charge in [-0.05, 0) is 17.2 Å². The van der Waals surface area contributed by atoms with Crippen LogP contribution in [0.3, 0.4) is 0 Å². The minimum absolute atomic E-state index is 0.213.